The Labute approximate surface area is 113 Å². The molecule has 0 N–H and O–H groups in total. The molecule has 100 valence electrons. The Hall–Kier alpha value is -1.03. The average molecular weight is 270 g/mol. The Morgan fingerprint density at radius 3 is 2.83 bits per heavy atom. The summed E-state index contributed by atoms with van der Waals surface area (Å²) >= 11 is 5.82. The van der Waals surface area contributed by atoms with Gasteiger partial charge in [-0.25, -0.2) is 0 Å². The van der Waals surface area contributed by atoms with Crippen LogP contribution in [0.25, 0.3) is 0 Å². The van der Waals surface area contributed by atoms with Crippen LogP contribution in [-0.2, 0) is 13.5 Å². The van der Waals surface area contributed by atoms with Crippen molar-refractivity contribution in [3.8, 4) is 0 Å². The molecule has 0 aliphatic heterocycles. The van der Waals surface area contributed by atoms with Crippen LogP contribution in [0.4, 0.5) is 0 Å². The molecule has 1 aromatic heterocycles. The third-order valence-electron chi connectivity index (χ3n) is 3.57. The number of hydrogen-bond acceptors (Lipinski definition) is 2. The summed E-state index contributed by atoms with van der Waals surface area (Å²) in [6.45, 7) is 2.65. The molecule has 18 heavy (non-hydrogen) atoms. The van der Waals surface area contributed by atoms with Crippen LogP contribution in [0.15, 0.2) is 6.20 Å². The van der Waals surface area contributed by atoms with Crippen LogP contribution >= 0.6 is 11.6 Å². The first kappa shape index (κ1) is 13.4. The van der Waals surface area contributed by atoms with E-state index in [0.29, 0.717) is 18.5 Å². The fourth-order valence-corrected chi connectivity index (χ4v) is 2.55. The maximum absolute atomic E-state index is 12.6. The predicted molar refractivity (Wildman–Crippen MR) is 72.0 cm³/mol. The topological polar surface area (TPSA) is 38.1 Å². The van der Waals surface area contributed by atoms with Crippen LogP contribution in [0.2, 0.25) is 0 Å². The van der Waals surface area contributed by atoms with Crippen molar-refractivity contribution in [3.63, 3.8) is 0 Å². The number of amides is 1. The first-order valence-corrected chi connectivity index (χ1v) is 7.10. The zero-order valence-electron chi connectivity index (χ0n) is 11.0. The number of alkyl halides is 1. The van der Waals surface area contributed by atoms with Gasteiger partial charge < -0.3 is 4.90 Å². The highest BCUT2D eigenvalue weighted by molar-refractivity contribution is 6.18. The molecule has 0 bridgehead atoms. The van der Waals surface area contributed by atoms with Crippen LogP contribution in [0.1, 0.15) is 42.2 Å². The van der Waals surface area contributed by atoms with E-state index in [2.05, 4.69) is 5.10 Å². The van der Waals surface area contributed by atoms with Gasteiger partial charge in [0.1, 0.15) is 0 Å². The third kappa shape index (κ3) is 2.53. The molecule has 0 spiro atoms. The van der Waals surface area contributed by atoms with E-state index >= 15 is 0 Å². The van der Waals surface area contributed by atoms with Crippen LogP contribution < -0.4 is 0 Å². The smallest absolute Gasteiger partial charge is 0.257 e. The molecule has 1 saturated carbocycles. The number of carbonyl (C=O) groups is 1. The first-order chi connectivity index (χ1) is 8.67. The second-order valence-corrected chi connectivity index (χ2v) is 5.17. The molecule has 0 saturated heterocycles. The van der Waals surface area contributed by atoms with Gasteiger partial charge in [0.15, 0.2) is 0 Å². The number of halogens is 1. The van der Waals surface area contributed by atoms with E-state index in [4.69, 9.17) is 11.6 Å². The Morgan fingerprint density at radius 1 is 1.61 bits per heavy atom. The molecule has 0 unspecified atom stereocenters. The second kappa shape index (κ2) is 5.74. The lowest BCUT2D eigenvalue weighted by Gasteiger charge is -2.37. The Balaban J connectivity index is 2.20. The molecule has 2 rings (SSSR count). The third-order valence-corrected chi connectivity index (χ3v) is 3.74. The summed E-state index contributed by atoms with van der Waals surface area (Å²) in [4.78, 5) is 14.5. The molecule has 1 amide bonds. The molecule has 0 radical (unpaired) electrons. The molecule has 0 aromatic carbocycles. The predicted octanol–water partition coefficient (Wildman–Crippen LogP) is 2.22. The number of nitrogens with zero attached hydrogens (tertiary/aromatic N) is 3. The molecule has 1 aliphatic carbocycles. The van der Waals surface area contributed by atoms with Crippen molar-refractivity contribution in [1.29, 1.82) is 0 Å². The second-order valence-electron chi connectivity index (χ2n) is 4.79. The normalized spacial score (nSPS) is 15.5. The molecule has 1 aliphatic rings. The molecular weight excluding hydrogens is 250 g/mol. The maximum atomic E-state index is 12.6. The number of aromatic nitrogens is 2. The summed E-state index contributed by atoms with van der Waals surface area (Å²) < 4.78 is 1.71. The van der Waals surface area contributed by atoms with Gasteiger partial charge in [-0.2, -0.15) is 5.10 Å². The highest BCUT2D eigenvalue weighted by atomic mass is 35.5. The van der Waals surface area contributed by atoms with Crippen molar-refractivity contribution < 1.29 is 4.79 Å². The van der Waals surface area contributed by atoms with E-state index in [1.54, 1.807) is 4.68 Å². The molecule has 4 nitrogen and oxygen atoms in total. The number of rotatable bonds is 5. The number of carbonyl (C=O) groups excluding carboxylic acids is 1. The van der Waals surface area contributed by atoms with E-state index in [9.17, 15) is 4.79 Å². The van der Waals surface area contributed by atoms with Crippen molar-refractivity contribution in [3.05, 3.63) is 17.5 Å². The zero-order valence-corrected chi connectivity index (χ0v) is 11.8. The molecule has 1 aromatic rings. The minimum atomic E-state index is 0.0882. The van der Waals surface area contributed by atoms with E-state index in [-0.39, 0.29) is 5.91 Å². The molecule has 1 fully saturated rings. The van der Waals surface area contributed by atoms with Crippen molar-refractivity contribution in [2.24, 2.45) is 7.05 Å². The van der Waals surface area contributed by atoms with Crippen LogP contribution in [0, 0.1) is 0 Å². The molecule has 0 atom stereocenters. The average Bonchev–Trinajstić information content (AvgIpc) is 2.66. The van der Waals surface area contributed by atoms with E-state index < -0.39 is 0 Å². The van der Waals surface area contributed by atoms with Gasteiger partial charge in [0.2, 0.25) is 0 Å². The zero-order chi connectivity index (χ0) is 13.1. The molecule has 5 heteroatoms. The van der Waals surface area contributed by atoms with E-state index in [1.807, 2.05) is 25.1 Å². The Kier molecular flexibility index (Phi) is 4.27. The Morgan fingerprint density at radius 2 is 2.33 bits per heavy atom. The summed E-state index contributed by atoms with van der Waals surface area (Å²) in [5, 5.41) is 4.33. The van der Waals surface area contributed by atoms with Crippen LogP contribution in [-0.4, -0.2) is 39.1 Å². The van der Waals surface area contributed by atoms with Crippen molar-refractivity contribution in [2.45, 2.75) is 38.6 Å². The van der Waals surface area contributed by atoms with Gasteiger partial charge in [-0.3, -0.25) is 9.48 Å². The van der Waals surface area contributed by atoms with Gasteiger partial charge in [-0.15, -0.1) is 11.6 Å². The fraction of sp³-hybridized carbons (Fsp3) is 0.692. The molecule has 1 heterocycles. The van der Waals surface area contributed by atoms with Crippen molar-refractivity contribution in [1.82, 2.24) is 14.7 Å². The van der Waals surface area contributed by atoms with Gasteiger partial charge >= 0.3 is 0 Å². The fourth-order valence-electron chi connectivity index (χ4n) is 2.37. The monoisotopic (exact) mass is 269 g/mol. The quantitative estimate of drug-likeness (QED) is 0.769. The lowest BCUT2D eigenvalue weighted by atomic mass is 9.91. The Bertz CT molecular complexity index is 426. The van der Waals surface area contributed by atoms with Gasteiger partial charge in [-0.1, -0.05) is 6.92 Å². The van der Waals surface area contributed by atoms with Gasteiger partial charge in [0.05, 0.1) is 11.3 Å². The highest BCUT2D eigenvalue weighted by Gasteiger charge is 2.30. The van der Waals surface area contributed by atoms with Crippen LogP contribution in [0.5, 0.6) is 0 Å². The van der Waals surface area contributed by atoms with Crippen molar-refractivity contribution >= 4 is 17.5 Å². The minimum absolute atomic E-state index is 0.0882. The van der Waals surface area contributed by atoms with E-state index in [0.717, 1.165) is 30.5 Å². The molecular formula is C13H20ClN3O. The number of hydrogen-bond donors (Lipinski definition) is 0. The van der Waals surface area contributed by atoms with Crippen molar-refractivity contribution in [2.75, 3.05) is 12.4 Å². The SMILES string of the molecule is CCc1nn(C)cc1C(=O)N(CCCl)C1CCC1. The summed E-state index contributed by atoms with van der Waals surface area (Å²) in [5.74, 6) is 0.578. The standard InChI is InChI=1S/C13H20ClN3O/c1-3-12-11(9-16(2)15-12)13(18)17(8-7-14)10-5-4-6-10/h9-10H,3-8H2,1-2H3. The minimum Gasteiger partial charge on any atom is -0.334 e. The summed E-state index contributed by atoms with van der Waals surface area (Å²) in [7, 11) is 1.85. The van der Waals surface area contributed by atoms with Gasteiger partial charge in [0.25, 0.3) is 5.91 Å². The summed E-state index contributed by atoms with van der Waals surface area (Å²) in [6, 6.07) is 0.376. The highest BCUT2D eigenvalue weighted by Crippen LogP contribution is 2.26. The van der Waals surface area contributed by atoms with Gasteiger partial charge in [-0.05, 0) is 25.7 Å². The largest absolute Gasteiger partial charge is 0.334 e. The first-order valence-electron chi connectivity index (χ1n) is 6.56. The van der Waals surface area contributed by atoms with E-state index in [1.165, 1.54) is 6.42 Å². The summed E-state index contributed by atoms with van der Waals surface area (Å²) in [6.07, 6.45) is 6.02. The maximum Gasteiger partial charge on any atom is 0.257 e. The van der Waals surface area contributed by atoms with Gasteiger partial charge in [0, 0.05) is 31.7 Å². The summed E-state index contributed by atoms with van der Waals surface area (Å²) in [5.41, 5.74) is 1.61. The number of aryl methyl sites for hydroxylation is 2. The lowest BCUT2D eigenvalue weighted by molar-refractivity contribution is 0.0597. The van der Waals surface area contributed by atoms with Crippen LogP contribution in [0.3, 0.4) is 0 Å². The lowest BCUT2D eigenvalue weighted by Crippen LogP contribution is -2.45.